The summed E-state index contributed by atoms with van der Waals surface area (Å²) < 4.78 is 29.1. The van der Waals surface area contributed by atoms with Crippen molar-refractivity contribution in [2.24, 2.45) is 5.73 Å². The Bertz CT molecular complexity index is 455. The van der Waals surface area contributed by atoms with Gasteiger partial charge in [-0.3, -0.25) is 0 Å². The lowest BCUT2D eigenvalue weighted by atomic mass is 9.98. The number of carbonyl (C=O) groups excluding carboxylic acids is 1. The monoisotopic (exact) mass is 306 g/mol. The summed E-state index contributed by atoms with van der Waals surface area (Å²) in [7, 11) is -3.10. The molecule has 6 nitrogen and oxygen atoms in total. The zero-order valence-corrected chi connectivity index (χ0v) is 13.5. The number of alkyl carbamates (subject to hydrolysis) is 1. The molecule has 0 spiro atoms. The van der Waals surface area contributed by atoms with Crippen LogP contribution in [0.2, 0.25) is 0 Å². The molecule has 1 amide bonds. The van der Waals surface area contributed by atoms with Gasteiger partial charge in [0.1, 0.15) is 5.60 Å². The van der Waals surface area contributed by atoms with E-state index >= 15 is 0 Å². The maximum absolute atomic E-state index is 11.9. The molecular weight excluding hydrogens is 280 g/mol. The first kappa shape index (κ1) is 17.2. The molecule has 118 valence electrons. The van der Waals surface area contributed by atoms with Gasteiger partial charge in [0, 0.05) is 12.3 Å². The van der Waals surface area contributed by atoms with Gasteiger partial charge in [-0.05, 0) is 40.0 Å². The Kier molecular flexibility index (Phi) is 5.08. The molecule has 0 heterocycles. The predicted molar refractivity (Wildman–Crippen MR) is 78.3 cm³/mol. The number of ether oxygens (including phenoxy) is 1. The van der Waals surface area contributed by atoms with Gasteiger partial charge in [0.2, 0.25) is 0 Å². The Morgan fingerprint density at radius 2 is 2.05 bits per heavy atom. The predicted octanol–water partition coefficient (Wildman–Crippen LogP) is 1.20. The lowest BCUT2D eigenvalue weighted by Gasteiger charge is -2.30. The van der Waals surface area contributed by atoms with Crippen molar-refractivity contribution >= 4 is 15.9 Å². The molecule has 1 rings (SSSR count). The maximum atomic E-state index is 11.9. The van der Waals surface area contributed by atoms with Crippen molar-refractivity contribution in [1.29, 1.82) is 0 Å². The van der Waals surface area contributed by atoms with E-state index in [1.54, 1.807) is 27.7 Å². The molecule has 0 radical (unpaired) electrons. The Morgan fingerprint density at radius 1 is 1.45 bits per heavy atom. The summed E-state index contributed by atoms with van der Waals surface area (Å²) in [6.45, 7) is 7.18. The average molecular weight is 306 g/mol. The zero-order valence-electron chi connectivity index (χ0n) is 12.7. The summed E-state index contributed by atoms with van der Waals surface area (Å²) in [5.74, 6) is 0.116. The second-order valence-corrected chi connectivity index (χ2v) is 9.00. The molecule has 1 fully saturated rings. The lowest BCUT2D eigenvalue weighted by Crippen LogP contribution is -2.53. The van der Waals surface area contributed by atoms with Crippen LogP contribution in [-0.2, 0) is 14.6 Å². The molecule has 3 N–H and O–H groups in total. The number of carbonyl (C=O) groups is 1. The van der Waals surface area contributed by atoms with Crippen LogP contribution in [0.1, 0.15) is 47.0 Å². The third-order valence-electron chi connectivity index (χ3n) is 3.63. The first-order chi connectivity index (χ1) is 9.03. The van der Waals surface area contributed by atoms with E-state index < -0.39 is 32.3 Å². The van der Waals surface area contributed by atoms with E-state index in [-0.39, 0.29) is 12.3 Å². The van der Waals surface area contributed by atoms with Gasteiger partial charge in [-0.1, -0.05) is 6.92 Å². The van der Waals surface area contributed by atoms with Crippen LogP contribution in [0.25, 0.3) is 0 Å². The van der Waals surface area contributed by atoms with Gasteiger partial charge in [-0.2, -0.15) is 0 Å². The van der Waals surface area contributed by atoms with Crippen LogP contribution in [0.5, 0.6) is 0 Å². The van der Waals surface area contributed by atoms with Gasteiger partial charge in [0.15, 0.2) is 9.84 Å². The van der Waals surface area contributed by atoms with E-state index in [4.69, 9.17) is 10.5 Å². The quantitative estimate of drug-likeness (QED) is 0.813. The van der Waals surface area contributed by atoms with Crippen LogP contribution in [0.15, 0.2) is 0 Å². The highest BCUT2D eigenvalue weighted by Crippen LogP contribution is 2.34. The van der Waals surface area contributed by atoms with Crippen LogP contribution in [0, 0.1) is 0 Å². The number of rotatable bonds is 4. The van der Waals surface area contributed by atoms with Crippen molar-refractivity contribution in [3.8, 4) is 0 Å². The van der Waals surface area contributed by atoms with Gasteiger partial charge in [-0.25, -0.2) is 13.2 Å². The second kappa shape index (κ2) is 5.89. The number of nitrogens with two attached hydrogens (primary N) is 1. The molecule has 1 aliphatic carbocycles. The highest BCUT2D eigenvalue weighted by atomic mass is 32.2. The Balaban J connectivity index is 2.74. The second-order valence-electron chi connectivity index (χ2n) is 6.43. The molecule has 0 aliphatic heterocycles. The summed E-state index contributed by atoms with van der Waals surface area (Å²) in [4.78, 5) is 11.9. The van der Waals surface area contributed by atoms with Crippen molar-refractivity contribution in [2.75, 3.05) is 12.3 Å². The summed E-state index contributed by atoms with van der Waals surface area (Å²) in [6.07, 6.45) is 0.909. The maximum Gasteiger partial charge on any atom is 0.408 e. The van der Waals surface area contributed by atoms with Gasteiger partial charge < -0.3 is 15.8 Å². The number of sulfone groups is 1. The van der Waals surface area contributed by atoms with Crippen molar-refractivity contribution in [3.63, 3.8) is 0 Å². The molecule has 0 aromatic carbocycles. The number of hydrogen-bond donors (Lipinski definition) is 2. The van der Waals surface area contributed by atoms with Gasteiger partial charge in [0.25, 0.3) is 0 Å². The molecule has 0 saturated heterocycles. The summed E-state index contributed by atoms with van der Waals surface area (Å²) in [5, 5.41) is 2.35. The van der Waals surface area contributed by atoms with E-state index in [2.05, 4.69) is 5.32 Å². The van der Waals surface area contributed by atoms with E-state index in [1.807, 2.05) is 0 Å². The van der Waals surface area contributed by atoms with E-state index in [9.17, 15) is 13.2 Å². The first-order valence-electron chi connectivity index (χ1n) is 6.96. The van der Waals surface area contributed by atoms with Crippen LogP contribution in [0.4, 0.5) is 4.79 Å². The Morgan fingerprint density at radius 3 is 2.50 bits per heavy atom. The molecule has 0 bridgehead atoms. The summed E-state index contributed by atoms with van der Waals surface area (Å²) >= 11 is 0. The molecule has 1 saturated carbocycles. The fourth-order valence-electron chi connectivity index (χ4n) is 2.49. The average Bonchev–Trinajstić information content (AvgIpc) is 2.72. The fourth-order valence-corrected chi connectivity index (χ4v) is 4.01. The third-order valence-corrected chi connectivity index (χ3v) is 5.85. The Hall–Kier alpha value is -0.820. The van der Waals surface area contributed by atoms with Gasteiger partial charge >= 0.3 is 6.09 Å². The number of nitrogens with one attached hydrogen (secondary N) is 1. The lowest BCUT2D eigenvalue weighted by molar-refractivity contribution is 0.0460. The van der Waals surface area contributed by atoms with Crippen LogP contribution in [-0.4, -0.2) is 43.2 Å². The summed E-state index contributed by atoms with van der Waals surface area (Å²) in [5.41, 5.74) is 4.50. The van der Waals surface area contributed by atoms with Crippen LogP contribution >= 0.6 is 0 Å². The largest absolute Gasteiger partial charge is 0.444 e. The highest BCUT2D eigenvalue weighted by Gasteiger charge is 2.44. The molecule has 20 heavy (non-hydrogen) atoms. The zero-order chi connectivity index (χ0) is 15.6. The molecule has 0 aromatic heterocycles. The topological polar surface area (TPSA) is 98.5 Å². The van der Waals surface area contributed by atoms with Crippen molar-refractivity contribution in [2.45, 2.75) is 63.3 Å². The van der Waals surface area contributed by atoms with E-state index in [0.29, 0.717) is 19.3 Å². The van der Waals surface area contributed by atoms with Crippen molar-refractivity contribution in [1.82, 2.24) is 5.32 Å². The number of amides is 1. The summed E-state index contributed by atoms with van der Waals surface area (Å²) in [6, 6.07) is 0. The molecule has 0 unspecified atom stereocenters. The highest BCUT2D eigenvalue weighted by molar-refractivity contribution is 7.92. The van der Waals surface area contributed by atoms with Crippen molar-refractivity contribution < 1.29 is 17.9 Å². The SMILES string of the molecule is CCS(=O)(=O)[C@H]1CC[C@@](CN)(NC(=O)OC(C)(C)C)C1. The standard InChI is InChI=1S/C13H26N2O4S/c1-5-20(17,18)10-6-7-13(8-10,9-14)15-11(16)19-12(2,3)4/h10H,5-9,14H2,1-4H3,(H,15,16)/t10-,13+/m0/s1. The van der Waals surface area contributed by atoms with E-state index in [1.165, 1.54) is 0 Å². The normalized spacial score (nSPS) is 27.4. The van der Waals surface area contributed by atoms with Crippen LogP contribution < -0.4 is 11.1 Å². The first-order valence-corrected chi connectivity index (χ1v) is 8.68. The third kappa shape index (κ3) is 4.34. The number of hydrogen-bond acceptors (Lipinski definition) is 5. The molecule has 7 heteroatoms. The molecular formula is C13H26N2O4S. The van der Waals surface area contributed by atoms with Crippen LogP contribution in [0.3, 0.4) is 0 Å². The fraction of sp³-hybridized carbons (Fsp3) is 0.923. The minimum atomic E-state index is -3.10. The van der Waals surface area contributed by atoms with E-state index in [0.717, 1.165) is 0 Å². The minimum Gasteiger partial charge on any atom is -0.444 e. The van der Waals surface area contributed by atoms with Gasteiger partial charge in [-0.15, -0.1) is 0 Å². The van der Waals surface area contributed by atoms with Gasteiger partial charge in [0.05, 0.1) is 10.8 Å². The smallest absolute Gasteiger partial charge is 0.408 e. The molecule has 1 aliphatic rings. The molecule has 0 aromatic rings. The Labute approximate surface area is 121 Å². The van der Waals surface area contributed by atoms with Crippen molar-refractivity contribution in [3.05, 3.63) is 0 Å². The molecule has 2 atom stereocenters. The minimum absolute atomic E-state index is 0.116.